The highest BCUT2D eigenvalue weighted by Crippen LogP contribution is 2.10. The molecule has 0 spiro atoms. The number of nitrogens with one attached hydrogen (secondary N) is 1. The number of hydrogen-bond donors (Lipinski definition) is 2. The average Bonchev–Trinajstić information content (AvgIpc) is 2.71. The van der Waals surface area contributed by atoms with Crippen LogP contribution in [0, 0.1) is 6.92 Å². The van der Waals surface area contributed by atoms with Crippen molar-refractivity contribution < 1.29 is 4.74 Å². The molecule has 7 nitrogen and oxygen atoms in total. The second-order valence-electron chi connectivity index (χ2n) is 3.59. The molecule has 0 radical (unpaired) electrons. The SMILES string of the molecule is COc1cccc(/C=N\Nc2nnc(C)n2N)c1. The van der Waals surface area contributed by atoms with Crippen LogP contribution in [-0.4, -0.2) is 28.2 Å². The van der Waals surface area contributed by atoms with Crippen molar-refractivity contribution in [3.8, 4) is 5.75 Å². The minimum atomic E-state index is 0.381. The van der Waals surface area contributed by atoms with Crippen LogP contribution in [0.15, 0.2) is 29.4 Å². The maximum Gasteiger partial charge on any atom is 0.263 e. The van der Waals surface area contributed by atoms with Gasteiger partial charge in [-0.3, -0.25) is 0 Å². The molecule has 0 unspecified atom stereocenters. The van der Waals surface area contributed by atoms with Crippen molar-refractivity contribution in [3.63, 3.8) is 0 Å². The molecular weight excluding hydrogens is 232 g/mol. The van der Waals surface area contributed by atoms with Crippen LogP contribution in [0.1, 0.15) is 11.4 Å². The van der Waals surface area contributed by atoms with Gasteiger partial charge in [0.2, 0.25) is 0 Å². The first-order valence-electron chi connectivity index (χ1n) is 5.31. The van der Waals surface area contributed by atoms with Gasteiger partial charge in [0.25, 0.3) is 5.95 Å². The first kappa shape index (κ1) is 11.9. The van der Waals surface area contributed by atoms with E-state index >= 15 is 0 Å². The first-order chi connectivity index (χ1) is 8.70. The van der Waals surface area contributed by atoms with Gasteiger partial charge in [0, 0.05) is 0 Å². The van der Waals surface area contributed by atoms with Gasteiger partial charge in [-0.25, -0.2) is 10.1 Å². The Labute approximate surface area is 104 Å². The van der Waals surface area contributed by atoms with E-state index in [2.05, 4.69) is 20.7 Å². The Hall–Kier alpha value is -2.57. The summed E-state index contributed by atoms with van der Waals surface area (Å²) in [7, 11) is 1.62. The number of rotatable bonds is 4. The monoisotopic (exact) mass is 246 g/mol. The summed E-state index contributed by atoms with van der Waals surface area (Å²) >= 11 is 0. The number of benzene rings is 1. The summed E-state index contributed by atoms with van der Waals surface area (Å²) in [5.74, 6) is 7.42. The number of ether oxygens (including phenoxy) is 1. The molecule has 0 aliphatic rings. The van der Waals surface area contributed by atoms with E-state index < -0.39 is 0 Å². The lowest BCUT2D eigenvalue weighted by atomic mass is 10.2. The predicted molar refractivity (Wildman–Crippen MR) is 69.1 cm³/mol. The highest BCUT2D eigenvalue weighted by molar-refractivity contribution is 5.80. The third-order valence-electron chi connectivity index (χ3n) is 2.34. The molecule has 1 heterocycles. The van der Waals surface area contributed by atoms with Crippen molar-refractivity contribution in [2.75, 3.05) is 18.4 Å². The molecule has 7 heteroatoms. The highest BCUT2D eigenvalue weighted by atomic mass is 16.5. The van der Waals surface area contributed by atoms with E-state index in [1.807, 2.05) is 24.3 Å². The summed E-state index contributed by atoms with van der Waals surface area (Å²) in [4.78, 5) is 0. The molecule has 0 fully saturated rings. The summed E-state index contributed by atoms with van der Waals surface area (Å²) in [6.45, 7) is 1.75. The minimum Gasteiger partial charge on any atom is -0.497 e. The normalized spacial score (nSPS) is 10.8. The van der Waals surface area contributed by atoms with Crippen LogP contribution in [-0.2, 0) is 0 Å². The fourth-order valence-corrected chi connectivity index (χ4v) is 1.33. The van der Waals surface area contributed by atoms with Crippen LogP contribution in [0.5, 0.6) is 5.75 Å². The van der Waals surface area contributed by atoms with E-state index in [9.17, 15) is 0 Å². The molecule has 18 heavy (non-hydrogen) atoms. The Morgan fingerprint density at radius 1 is 1.44 bits per heavy atom. The quantitative estimate of drug-likeness (QED) is 0.472. The molecule has 0 amide bonds. The lowest BCUT2D eigenvalue weighted by Gasteiger charge is -2.01. The lowest BCUT2D eigenvalue weighted by Crippen LogP contribution is -2.13. The Bertz CT molecular complexity index is 562. The summed E-state index contributed by atoms with van der Waals surface area (Å²) in [5, 5.41) is 11.6. The van der Waals surface area contributed by atoms with E-state index in [4.69, 9.17) is 10.6 Å². The molecule has 0 aliphatic carbocycles. The van der Waals surface area contributed by atoms with Crippen LogP contribution < -0.4 is 16.0 Å². The zero-order chi connectivity index (χ0) is 13.0. The van der Waals surface area contributed by atoms with Crippen LogP contribution in [0.4, 0.5) is 5.95 Å². The van der Waals surface area contributed by atoms with E-state index in [-0.39, 0.29) is 0 Å². The number of hydrazone groups is 1. The van der Waals surface area contributed by atoms with Crippen molar-refractivity contribution in [3.05, 3.63) is 35.7 Å². The van der Waals surface area contributed by atoms with Gasteiger partial charge in [0.1, 0.15) is 5.75 Å². The molecular formula is C11H14N6O. The molecule has 0 saturated carbocycles. The van der Waals surface area contributed by atoms with Gasteiger partial charge < -0.3 is 10.6 Å². The van der Waals surface area contributed by atoms with Crippen LogP contribution in [0.2, 0.25) is 0 Å². The Balaban J connectivity index is 2.05. The first-order valence-corrected chi connectivity index (χ1v) is 5.31. The largest absolute Gasteiger partial charge is 0.497 e. The number of hydrogen-bond acceptors (Lipinski definition) is 6. The second kappa shape index (κ2) is 5.17. The number of aromatic nitrogens is 3. The molecule has 0 atom stereocenters. The Morgan fingerprint density at radius 3 is 2.94 bits per heavy atom. The van der Waals surface area contributed by atoms with Gasteiger partial charge in [-0.15, -0.1) is 10.2 Å². The van der Waals surface area contributed by atoms with Crippen molar-refractivity contribution in [1.82, 2.24) is 14.9 Å². The molecule has 1 aromatic carbocycles. The van der Waals surface area contributed by atoms with Crippen LogP contribution in [0.25, 0.3) is 0 Å². The zero-order valence-corrected chi connectivity index (χ0v) is 10.2. The van der Waals surface area contributed by atoms with Crippen LogP contribution >= 0.6 is 0 Å². The number of anilines is 1. The summed E-state index contributed by atoms with van der Waals surface area (Å²) in [6, 6.07) is 7.52. The molecule has 3 N–H and O–H groups in total. The Kier molecular flexibility index (Phi) is 3.42. The molecule has 0 aliphatic heterocycles. The number of nitrogens with two attached hydrogens (primary N) is 1. The summed E-state index contributed by atoms with van der Waals surface area (Å²) in [5.41, 5.74) is 3.62. The fourth-order valence-electron chi connectivity index (χ4n) is 1.33. The van der Waals surface area contributed by atoms with Gasteiger partial charge in [-0.1, -0.05) is 12.1 Å². The topological polar surface area (TPSA) is 90.3 Å². The molecule has 1 aromatic heterocycles. The molecule has 0 saturated heterocycles. The standard InChI is InChI=1S/C11H14N6O/c1-8-14-16-11(17(8)12)15-13-7-9-4-3-5-10(6-9)18-2/h3-7H,12H2,1-2H3,(H,15,16)/b13-7-. The molecule has 2 aromatic rings. The van der Waals surface area contributed by atoms with Gasteiger partial charge in [0.05, 0.1) is 13.3 Å². The number of aryl methyl sites for hydroxylation is 1. The van der Waals surface area contributed by atoms with Gasteiger partial charge in [0.15, 0.2) is 5.82 Å². The van der Waals surface area contributed by atoms with Gasteiger partial charge >= 0.3 is 0 Å². The van der Waals surface area contributed by atoms with Crippen molar-refractivity contribution in [1.29, 1.82) is 0 Å². The fraction of sp³-hybridized carbons (Fsp3) is 0.182. The van der Waals surface area contributed by atoms with Crippen molar-refractivity contribution >= 4 is 12.2 Å². The third kappa shape index (κ3) is 2.57. The summed E-state index contributed by atoms with van der Waals surface area (Å²) < 4.78 is 6.44. The highest BCUT2D eigenvalue weighted by Gasteiger charge is 2.02. The summed E-state index contributed by atoms with van der Waals surface area (Å²) in [6.07, 6.45) is 1.65. The minimum absolute atomic E-state index is 0.381. The molecule has 0 bridgehead atoms. The smallest absolute Gasteiger partial charge is 0.263 e. The lowest BCUT2D eigenvalue weighted by molar-refractivity contribution is 0.415. The number of nitrogens with zero attached hydrogens (tertiary/aromatic N) is 4. The number of nitrogen functional groups attached to an aromatic ring is 1. The Morgan fingerprint density at radius 2 is 2.28 bits per heavy atom. The van der Waals surface area contributed by atoms with E-state index in [0.29, 0.717) is 11.8 Å². The van der Waals surface area contributed by atoms with Gasteiger partial charge in [-0.05, 0) is 24.6 Å². The van der Waals surface area contributed by atoms with Crippen LogP contribution in [0.3, 0.4) is 0 Å². The van der Waals surface area contributed by atoms with E-state index in [1.165, 1.54) is 4.68 Å². The predicted octanol–water partition coefficient (Wildman–Crippen LogP) is 0.755. The number of methoxy groups -OCH3 is 1. The maximum absolute atomic E-state index is 5.66. The average molecular weight is 246 g/mol. The zero-order valence-electron chi connectivity index (χ0n) is 10.2. The van der Waals surface area contributed by atoms with E-state index in [0.717, 1.165) is 11.3 Å². The molecule has 94 valence electrons. The second-order valence-corrected chi connectivity index (χ2v) is 3.59. The third-order valence-corrected chi connectivity index (χ3v) is 2.34. The van der Waals surface area contributed by atoms with Gasteiger partial charge in [-0.2, -0.15) is 5.10 Å². The van der Waals surface area contributed by atoms with E-state index in [1.54, 1.807) is 20.2 Å². The van der Waals surface area contributed by atoms with Crippen molar-refractivity contribution in [2.24, 2.45) is 5.10 Å². The van der Waals surface area contributed by atoms with Crippen molar-refractivity contribution in [2.45, 2.75) is 6.92 Å². The maximum atomic E-state index is 5.66. The molecule has 2 rings (SSSR count).